The Labute approximate surface area is 171 Å². The monoisotopic (exact) mass is 399 g/mol. The van der Waals surface area contributed by atoms with E-state index in [2.05, 4.69) is 13.8 Å². The van der Waals surface area contributed by atoms with Crippen LogP contribution in [0.15, 0.2) is 32.8 Å². The first kappa shape index (κ1) is 20.1. The maximum Gasteiger partial charge on any atom is 0.315 e. The van der Waals surface area contributed by atoms with Crippen LogP contribution in [0.1, 0.15) is 63.9 Å². The van der Waals surface area contributed by atoms with Crippen molar-refractivity contribution >= 4 is 17.5 Å². The Kier molecular flexibility index (Phi) is 5.23. The largest absolute Gasteiger partial charge is 0.466 e. The van der Waals surface area contributed by atoms with Gasteiger partial charge in [-0.25, -0.2) is 0 Å². The van der Waals surface area contributed by atoms with Gasteiger partial charge < -0.3 is 13.9 Å². The van der Waals surface area contributed by atoms with Crippen molar-refractivity contribution in [1.29, 1.82) is 0 Å². The summed E-state index contributed by atoms with van der Waals surface area (Å²) >= 11 is 0. The van der Waals surface area contributed by atoms with E-state index in [1.165, 1.54) is 0 Å². The fourth-order valence-electron chi connectivity index (χ4n) is 4.72. The van der Waals surface area contributed by atoms with E-state index >= 15 is 0 Å². The van der Waals surface area contributed by atoms with Crippen molar-refractivity contribution in [2.45, 2.75) is 65.4 Å². The van der Waals surface area contributed by atoms with Crippen LogP contribution in [0, 0.1) is 18.3 Å². The average Bonchev–Trinajstić information content (AvgIpc) is 3.28. The van der Waals surface area contributed by atoms with Crippen LogP contribution in [0.25, 0.3) is 0 Å². The highest BCUT2D eigenvalue weighted by Crippen LogP contribution is 2.48. The van der Waals surface area contributed by atoms with Crippen molar-refractivity contribution in [3.63, 3.8) is 0 Å². The number of Topliss-reactive ketones (excluding diaryl/α,β-unsaturated/α-hetero) is 1. The molecule has 1 fully saturated rings. The van der Waals surface area contributed by atoms with E-state index in [-0.39, 0.29) is 29.9 Å². The van der Waals surface area contributed by atoms with Gasteiger partial charge in [0.15, 0.2) is 5.78 Å². The van der Waals surface area contributed by atoms with Gasteiger partial charge in [0.1, 0.15) is 24.0 Å². The van der Waals surface area contributed by atoms with Gasteiger partial charge in [-0.2, -0.15) is 0 Å². The lowest BCUT2D eigenvalue weighted by atomic mass is 9.68. The molecule has 156 valence electrons. The Morgan fingerprint density at radius 2 is 2.07 bits per heavy atom. The summed E-state index contributed by atoms with van der Waals surface area (Å²) in [6.45, 7) is 8.80. The summed E-state index contributed by atoms with van der Waals surface area (Å²) < 4.78 is 17.1. The standard InChI is InChI=1S/C23H29NO5/c1-13-7-8-18(29-13)21-19(22(26)28-12-15-6-5-9-27-15)14(2)24-16-10-23(3,4)11-17(25)20(16)21/h7-8,15,19,21H,5-6,9-12H2,1-4H3/t15-,19-,21+/m1/s1. The number of ketones is 1. The first-order chi connectivity index (χ1) is 13.7. The zero-order valence-electron chi connectivity index (χ0n) is 17.6. The Hall–Kier alpha value is -2.21. The molecule has 3 aliphatic rings. The minimum Gasteiger partial charge on any atom is -0.466 e. The Morgan fingerprint density at radius 3 is 2.72 bits per heavy atom. The van der Waals surface area contributed by atoms with E-state index in [4.69, 9.17) is 18.9 Å². The lowest BCUT2D eigenvalue weighted by molar-refractivity contribution is -0.150. The number of carbonyl (C=O) groups is 2. The summed E-state index contributed by atoms with van der Waals surface area (Å²) in [6.07, 6.45) is 2.99. The molecule has 4 rings (SSSR count). The van der Waals surface area contributed by atoms with Crippen LogP contribution in [0.3, 0.4) is 0 Å². The first-order valence-electron chi connectivity index (χ1n) is 10.4. The van der Waals surface area contributed by atoms with Crippen molar-refractivity contribution in [2.24, 2.45) is 16.3 Å². The van der Waals surface area contributed by atoms with Gasteiger partial charge in [0.2, 0.25) is 0 Å². The normalized spacial score (nSPS) is 28.9. The van der Waals surface area contributed by atoms with E-state index in [1.54, 1.807) is 0 Å². The van der Waals surface area contributed by atoms with Crippen LogP contribution in [0.4, 0.5) is 0 Å². The van der Waals surface area contributed by atoms with E-state index < -0.39 is 11.8 Å². The molecule has 0 bridgehead atoms. The summed E-state index contributed by atoms with van der Waals surface area (Å²) in [5, 5.41) is 0. The summed E-state index contributed by atoms with van der Waals surface area (Å²) in [5.74, 6) is -0.107. The molecule has 2 aliphatic heterocycles. The van der Waals surface area contributed by atoms with Crippen molar-refractivity contribution in [3.05, 3.63) is 34.9 Å². The van der Waals surface area contributed by atoms with Gasteiger partial charge in [-0.3, -0.25) is 14.6 Å². The zero-order valence-corrected chi connectivity index (χ0v) is 17.6. The molecule has 0 unspecified atom stereocenters. The fourth-order valence-corrected chi connectivity index (χ4v) is 4.72. The highest BCUT2D eigenvalue weighted by atomic mass is 16.6. The molecular formula is C23H29NO5. The molecule has 1 aromatic heterocycles. The molecule has 0 amide bonds. The van der Waals surface area contributed by atoms with Crippen LogP contribution in [0.2, 0.25) is 0 Å². The summed E-state index contributed by atoms with van der Waals surface area (Å²) in [7, 11) is 0. The lowest BCUT2D eigenvalue weighted by Gasteiger charge is -2.38. The summed E-state index contributed by atoms with van der Waals surface area (Å²) in [4.78, 5) is 31.0. The predicted molar refractivity (Wildman–Crippen MR) is 108 cm³/mol. The number of rotatable bonds is 4. The van der Waals surface area contributed by atoms with E-state index in [0.29, 0.717) is 36.5 Å². The maximum absolute atomic E-state index is 13.1. The number of aryl methyl sites for hydroxylation is 1. The SMILES string of the molecule is CC1=NC2=C(C(=O)CC(C)(C)C2)[C@@H](c2ccc(C)o2)[C@@H]1C(=O)OC[C@H]1CCCO1. The molecule has 1 saturated heterocycles. The van der Waals surface area contributed by atoms with Gasteiger partial charge >= 0.3 is 5.97 Å². The topological polar surface area (TPSA) is 78.1 Å². The number of furan rings is 1. The predicted octanol–water partition coefficient (Wildman–Crippen LogP) is 4.13. The molecule has 29 heavy (non-hydrogen) atoms. The van der Waals surface area contributed by atoms with Gasteiger partial charge in [0, 0.05) is 30.0 Å². The fraction of sp³-hybridized carbons (Fsp3) is 0.609. The Bertz CT molecular complexity index is 885. The van der Waals surface area contributed by atoms with Gasteiger partial charge in [0.25, 0.3) is 0 Å². The third kappa shape index (κ3) is 3.95. The van der Waals surface area contributed by atoms with Gasteiger partial charge in [-0.15, -0.1) is 0 Å². The van der Waals surface area contributed by atoms with E-state index in [9.17, 15) is 9.59 Å². The molecule has 1 aliphatic carbocycles. The molecule has 6 heteroatoms. The van der Waals surface area contributed by atoms with E-state index in [0.717, 1.165) is 24.3 Å². The van der Waals surface area contributed by atoms with Crippen LogP contribution in [-0.2, 0) is 19.1 Å². The highest BCUT2D eigenvalue weighted by molar-refractivity contribution is 6.08. The summed E-state index contributed by atoms with van der Waals surface area (Å²) in [5.41, 5.74) is 1.93. The second-order valence-corrected chi connectivity index (χ2v) is 9.22. The van der Waals surface area contributed by atoms with Gasteiger partial charge in [-0.05, 0) is 50.7 Å². The van der Waals surface area contributed by atoms with Crippen LogP contribution >= 0.6 is 0 Å². The molecule has 0 saturated carbocycles. The molecule has 0 radical (unpaired) electrons. The van der Waals surface area contributed by atoms with Crippen LogP contribution < -0.4 is 0 Å². The minimum atomic E-state index is -0.661. The number of hydrogen-bond acceptors (Lipinski definition) is 6. The number of allylic oxidation sites excluding steroid dienone is 2. The minimum absolute atomic E-state index is 0.0449. The van der Waals surface area contributed by atoms with Crippen molar-refractivity contribution < 1.29 is 23.5 Å². The molecule has 1 aromatic rings. The number of carbonyl (C=O) groups excluding carboxylic acids is 2. The van der Waals surface area contributed by atoms with Crippen molar-refractivity contribution in [1.82, 2.24) is 0 Å². The highest BCUT2D eigenvalue weighted by Gasteiger charge is 2.47. The van der Waals surface area contributed by atoms with Gasteiger partial charge in [-0.1, -0.05) is 13.8 Å². The quantitative estimate of drug-likeness (QED) is 0.712. The Morgan fingerprint density at radius 1 is 1.28 bits per heavy atom. The number of ether oxygens (including phenoxy) is 2. The molecule has 0 aromatic carbocycles. The second-order valence-electron chi connectivity index (χ2n) is 9.22. The maximum atomic E-state index is 13.1. The molecule has 0 N–H and O–H groups in total. The number of nitrogens with zero attached hydrogens (tertiary/aromatic N) is 1. The van der Waals surface area contributed by atoms with Crippen molar-refractivity contribution in [3.8, 4) is 0 Å². The number of hydrogen-bond donors (Lipinski definition) is 0. The lowest BCUT2D eigenvalue weighted by Crippen LogP contribution is -2.40. The van der Waals surface area contributed by atoms with Crippen molar-refractivity contribution in [2.75, 3.05) is 13.2 Å². The van der Waals surface area contributed by atoms with E-state index in [1.807, 2.05) is 26.0 Å². The zero-order chi connectivity index (χ0) is 20.8. The summed E-state index contributed by atoms with van der Waals surface area (Å²) in [6, 6.07) is 3.72. The molecule has 3 atom stereocenters. The average molecular weight is 399 g/mol. The molecular weight excluding hydrogens is 370 g/mol. The second kappa shape index (κ2) is 7.56. The van der Waals surface area contributed by atoms with Crippen LogP contribution in [-0.4, -0.2) is 36.8 Å². The molecule has 3 heterocycles. The number of aliphatic imine (C=N–C) groups is 1. The first-order valence-corrected chi connectivity index (χ1v) is 10.4. The van der Waals surface area contributed by atoms with Crippen LogP contribution in [0.5, 0.6) is 0 Å². The smallest absolute Gasteiger partial charge is 0.315 e. The Balaban J connectivity index is 1.69. The third-order valence-electron chi connectivity index (χ3n) is 6.06. The molecule has 6 nitrogen and oxygen atoms in total. The van der Waals surface area contributed by atoms with Gasteiger partial charge in [0.05, 0.1) is 12.0 Å². The third-order valence-corrected chi connectivity index (χ3v) is 6.06. The number of esters is 1. The molecule has 0 spiro atoms.